The van der Waals surface area contributed by atoms with Crippen molar-refractivity contribution in [3.8, 4) is 11.5 Å². The zero-order valence-corrected chi connectivity index (χ0v) is 8.49. The Kier molecular flexibility index (Phi) is 2.36. The van der Waals surface area contributed by atoms with Crippen LogP contribution < -0.4 is 4.74 Å². The van der Waals surface area contributed by atoms with Crippen LogP contribution in [0.2, 0.25) is 0 Å². The van der Waals surface area contributed by atoms with Gasteiger partial charge in [-0.1, -0.05) is 13.3 Å². The van der Waals surface area contributed by atoms with Crippen LogP contribution in [0.5, 0.6) is 11.5 Å². The summed E-state index contributed by atoms with van der Waals surface area (Å²) < 4.78 is 5.66. The molecule has 1 aromatic carbocycles. The average molecular weight is 192 g/mol. The van der Waals surface area contributed by atoms with E-state index in [-0.39, 0.29) is 5.75 Å². The summed E-state index contributed by atoms with van der Waals surface area (Å²) in [6, 6.07) is 6.91. The maximum Gasteiger partial charge on any atom is 0.119 e. The maximum absolute atomic E-state index is 9.09. The van der Waals surface area contributed by atoms with Crippen molar-refractivity contribution in [1.29, 1.82) is 0 Å². The molecule has 1 aromatic rings. The first kappa shape index (κ1) is 9.38. The number of phenolic OH excluding ortho intramolecular Hbond substituents is 1. The predicted molar refractivity (Wildman–Crippen MR) is 55.6 cm³/mol. The van der Waals surface area contributed by atoms with Crippen molar-refractivity contribution in [2.75, 3.05) is 6.61 Å². The summed E-state index contributed by atoms with van der Waals surface area (Å²) in [6.45, 7) is 3.05. The van der Waals surface area contributed by atoms with E-state index in [0.29, 0.717) is 5.41 Å². The van der Waals surface area contributed by atoms with E-state index in [2.05, 4.69) is 6.92 Å². The smallest absolute Gasteiger partial charge is 0.119 e. The molecule has 0 heterocycles. The Morgan fingerprint density at radius 3 is 2.43 bits per heavy atom. The lowest BCUT2D eigenvalue weighted by Crippen LogP contribution is -2.32. The van der Waals surface area contributed by atoms with Crippen LogP contribution in [-0.2, 0) is 0 Å². The highest BCUT2D eigenvalue weighted by Crippen LogP contribution is 2.40. The Morgan fingerprint density at radius 2 is 1.93 bits per heavy atom. The molecule has 1 aliphatic carbocycles. The number of hydrogen-bond donors (Lipinski definition) is 1. The van der Waals surface area contributed by atoms with Crippen molar-refractivity contribution in [3.05, 3.63) is 24.3 Å². The molecule has 1 saturated carbocycles. The zero-order valence-electron chi connectivity index (χ0n) is 8.49. The van der Waals surface area contributed by atoms with Gasteiger partial charge in [0.15, 0.2) is 0 Å². The van der Waals surface area contributed by atoms with Crippen LogP contribution in [0, 0.1) is 5.41 Å². The van der Waals surface area contributed by atoms with Gasteiger partial charge in [0.2, 0.25) is 0 Å². The molecule has 0 saturated heterocycles. The molecule has 1 aliphatic rings. The molecule has 0 amide bonds. The lowest BCUT2D eigenvalue weighted by molar-refractivity contribution is 0.0776. The molecule has 0 aliphatic heterocycles. The Morgan fingerprint density at radius 1 is 1.29 bits per heavy atom. The second-order valence-corrected chi connectivity index (χ2v) is 4.45. The van der Waals surface area contributed by atoms with E-state index in [1.807, 2.05) is 0 Å². The molecule has 1 fully saturated rings. The number of ether oxygens (including phenoxy) is 1. The Balaban J connectivity index is 1.88. The van der Waals surface area contributed by atoms with Crippen molar-refractivity contribution in [3.63, 3.8) is 0 Å². The molecule has 2 heteroatoms. The summed E-state index contributed by atoms with van der Waals surface area (Å²) in [5.41, 5.74) is 0.387. The molecule has 2 rings (SSSR count). The van der Waals surface area contributed by atoms with E-state index in [4.69, 9.17) is 9.84 Å². The minimum absolute atomic E-state index is 0.284. The number of aromatic hydroxyl groups is 1. The van der Waals surface area contributed by atoms with Crippen molar-refractivity contribution < 1.29 is 9.84 Å². The fourth-order valence-electron chi connectivity index (χ4n) is 1.72. The van der Waals surface area contributed by atoms with Gasteiger partial charge in [-0.2, -0.15) is 0 Å². The highest BCUT2D eigenvalue weighted by atomic mass is 16.5. The van der Waals surface area contributed by atoms with Crippen LogP contribution in [0.25, 0.3) is 0 Å². The van der Waals surface area contributed by atoms with Crippen molar-refractivity contribution in [2.45, 2.75) is 26.2 Å². The van der Waals surface area contributed by atoms with E-state index < -0.39 is 0 Å². The molecule has 76 valence electrons. The zero-order chi connectivity index (χ0) is 10.0. The van der Waals surface area contributed by atoms with E-state index in [1.165, 1.54) is 19.3 Å². The van der Waals surface area contributed by atoms with Crippen LogP contribution in [0.1, 0.15) is 26.2 Å². The summed E-state index contributed by atoms with van der Waals surface area (Å²) in [6.07, 6.45) is 3.87. The standard InChI is InChI=1S/C12H16O2/c1-12(7-2-8-12)9-14-11-5-3-10(13)4-6-11/h3-6,13H,2,7-9H2,1H3. The fourth-order valence-corrected chi connectivity index (χ4v) is 1.72. The maximum atomic E-state index is 9.09. The third-order valence-corrected chi connectivity index (χ3v) is 2.98. The molecule has 0 atom stereocenters. The normalized spacial score (nSPS) is 18.6. The third kappa shape index (κ3) is 2.00. The van der Waals surface area contributed by atoms with Gasteiger partial charge in [-0.15, -0.1) is 0 Å². The topological polar surface area (TPSA) is 29.5 Å². The van der Waals surface area contributed by atoms with Crippen molar-refractivity contribution in [1.82, 2.24) is 0 Å². The first-order chi connectivity index (χ1) is 6.68. The third-order valence-electron chi connectivity index (χ3n) is 2.98. The molecule has 2 nitrogen and oxygen atoms in total. The second kappa shape index (κ2) is 3.52. The summed E-state index contributed by atoms with van der Waals surface area (Å²) in [5.74, 6) is 1.13. The Labute approximate surface area is 84.5 Å². The molecule has 14 heavy (non-hydrogen) atoms. The minimum Gasteiger partial charge on any atom is -0.508 e. The second-order valence-electron chi connectivity index (χ2n) is 4.45. The van der Waals surface area contributed by atoms with E-state index in [1.54, 1.807) is 24.3 Å². The summed E-state index contributed by atoms with van der Waals surface area (Å²) in [7, 11) is 0. The van der Waals surface area contributed by atoms with Gasteiger partial charge in [0.25, 0.3) is 0 Å². The van der Waals surface area contributed by atoms with Crippen LogP contribution in [0.15, 0.2) is 24.3 Å². The largest absolute Gasteiger partial charge is 0.508 e. The highest BCUT2D eigenvalue weighted by molar-refractivity contribution is 5.30. The van der Waals surface area contributed by atoms with Crippen molar-refractivity contribution >= 4 is 0 Å². The van der Waals surface area contributed by atoms with Gasteiger partial charge in [0.1, 0.15) is 11.5 Å². The molecule has 0 unspecified atom stereocenters. The minimum atomic E-state index is 0.284. The van der Waals surface area contributed by atoms with Crippen LogP contribution in [0.3, 0.4) is 0 Å². The lowest BCUT2D eigenvalue weighted by atomic mass is 9.71. The summed E-state index contributed by atoms with van der Waals surface area (Å²) in [4.78, 5) is 0. The molecule has 1 N–H and O–H groups in total. The van der Waals surface area contributed by atoms with Gasteiger partial charge in [-0.25, -0.2) is 0 Å². The molecular weight excluding hydrogens is 176 g/mol. The van der Waals surface area contributed by atoms with E-state index in [9.17, 15) is 0 Å². The number of hydrogen-bond acceptors (Lipinski definition) is 2. The van der Waals surface area contributed by atoms with E-state index in [0.717, 1.165) is 12.4 Å². The molecule has 0 spiro atoms. The highest BCUT2D eigenvalue weighted by Gasteiger charge is 2.32. The monoisotopic (exact) mass is 192 g/mol. The van der Waals surface area contributed by atoms with Gasteiger partial charge in [-0.3, -0.25) is 0 Å². The van der Waals surface area contributed by atoms with Gasteiger partial charge >= 0.3 is 0 Å². The molecule has 0 bridgehead atoms. The van der Waals surface area contributed by atoms with Crippen molar-refractivity contribution in [2.24, 2.45) is 5.41 Å². The van der Waals surface area contributed by atoms with Crippen LogP contribution in [0.4, 0.5) is 0 Å². The van der Waals surface area contributed by atoms with Crippen LogP contribution in [-0.4, -0.2) is 11.7 Å². The molecule has 0 radical (unpaired) electrons. The van der Waals surface area contributed by atoms with Crippen LogP contribution >= 0.6 is 0 Å². The number of benzene rings is 1. The van der Waals surface area contributed by atoms with Gasteiger partial charge in [0.05, 0.1) is 6.61 Å². The first-order valence-electron chi connectivity index (χ1n) is 5.10. The quantitative estimate of drug-likeness (QED) is 0.797. The number of phenols is 1. The van der Waals surface area contributed by atoms with E-state index >= 15 is 0 Å². The van der Waals surface area contributed by atoms with Gasteiger partial charge in [0, 0.05) is 5.41 Å². The SMILES string of the molecule is CC1(COc2ccc(O)cc2)CCC1. The lowest BCUT2D eigenvalue weighted by Gasteiger charge is -2.37. The Hall–Kier alpha value is -1.18. The van der Waals surface area contributed by atoms with Gasteiger partial charge < -0.3 is 9.84 Å². The summed E-state index contributed by atoms with van der Waals surface area (Å²) in [5, 5.41) is 9.09. The van der Waals surface area contributed by atoms with Gasteiger partial charge in [-0.05, 0) is 37.1 Å². The summed E-state index contributed by atoms with van der Waals surface area (Å²) >= 11 is 0. The molecule has 0 aromatic heterocycles. The molecular formula is C12H16O2. The Bertz CT molecular complexity index is 299. The predicted octanol–water partition coefficient (Wildman–Crippen LogP) is 2.96. The average Bonchev–Trinajstić information content (AvgIpc) is 2.14. The fraction of sp³-hybridized carbons (Fsp3) is 0.500. The first-order valence-corrected chi connectivity index (χ1v) is 5.10. The number of rotatable bonds is 3.